The van der Waals surface area contributed by atoms with Gasteiger partial charge in [0.15, 0.2) is 0 Å². The second-order valence-electron chi connectivity index (χ2n) is 4.85. The van der Waals surface area contributed by atoms with Gasteiger partial charge in [-0.25, -0.2) is 0 Å². The standard InChI is InChI=1S/C13H27NO4/c1-5-17-9-10-18-8-6-7-13(4,12(15)16)14-11(2)3/h11,14H,5-10H2,1-4H3,(H,15,16). The number of nitrogens with one attached hydrogen (secondary N) is 1. The van der Waals surface area contributed by atoms with Gasteiger partial charge in [0.05, 0.1) is 13.2 Å². The Labute approximate surface area is 110 Å². The van der Waals surface area contributed by atoms with E-state index in [4.69, 9.17) is 9.47 Å². The first-order valence-corrected chi connectivity index (χ1v) is 6.59. The fourth-order valence-corrected chi connectivity index (χ4v) is 1.77. The van der Waals surface area contributed by atoms with Gasteiger partial charge in [-0.1, -0.05) is 0 Å². The molecule has 0 radical (unpaired) electrons. The van der Waals surface area contributed by atoms with E-state index in [0.717, 1.165) is 0 Å². The van der Waals surface area contributed by atoms with Crippen LogP contribution in [0.1, 0.15) is 40.5 Å². The summed E-state index contributed by atoms with van der Waals surface area (Å²) in [5, 5.41) is 12.3. The maximum absolute atomic E-state index is 11.2. The molecule has 0 amide bonds. The van der Waals surface area contributed by atoms with Crippen molar-refractivity contribution < 1.29 is 19.4 Å². The monoisotopic (exact) mass is 261 g/mol. The van der Waals surface area contributed by atoms with Crippen molar-refractivity contribution in [2.75, 3.05) is 26.4 Å². The highest BCUT2D eigenvalue weighted by Gasteiger charge is 2.32. The molecule has 108 valence electrons. The fourth-order valence-electron chi connectivity index (χ4n) is 1.77. The highest BCUT2D eigenvalue weighted by Crippen LogP contribution is 2.14. The Hall–Kier alpha value is -0.650. The van der Waals surface area contributed by atoms with Gasteiger partial charge in [0.2, 0.25) is 0 Å². The van der Waals surface area contributed by atoms with Gasteiger partial charge < -0.3 is 14.6 Å². The minimum absolute atomic E-state index is 0.143. The second-order valence-corrected chi connectivity index (χ2v) is 4.85. The number of ether oxygens (including phenoxy) is 2. The van der Waals surface area contributed by atoms with E-state index in [1.807, 2.05) is 20.8 Å². The molecule has 0 heterocycles. The molecule has 0 aliphatic carbocycles. The zero-order chi connectivity index (χ0) is 14.0. The van der Waals surface area contributed by atoms with Crippen molar-refractivity contribution in [2.24, 2.45) is 0 Å². The SMILES string of the molecule is CCOCCOCCCC(C)(NC(C)C)C(=O)O. The van der Waals surface area contributed by atoms with E-state index in [2.05, 4.69) is 5.32 Å². The lowest BCUT2D eigenvalue weighted by atomic mass is 9.95. The van der Waals surface area contributed by atoms with E-state index in [1.54, 1.807) is 6.92 Å². The third-order valence-corrected chi connectivity index (χ3v) is 2.62. The normalized spacial score (nSPS) is 14.7. The Morgan fingerprint density at radius 3 is 2.39 bits per heavy atom. The van der Waals surface area contributed by atoms with Crippen LogP contribution in [0.25, 0.3) is 0 Å². The van der Waals surface area contributed by atoms with Crippen LogP contribution in [0.5, 0.6) is 0 Å². The highest BCUT2D eigenvalue weighted by atomic mass is 16.5. The Morgan fingerprint density at radius 1 is 1.28 bits per heavy atom. The first-order valence-electron chi connectivity index (χ1n) is 6.59. The molecule has 0 saturated carbocycles. The summed E-state index contributed by atoms with van der Waals surface area (Å²) < 4.78 is 10.5. The van der Waals surface area contributed by atoms with Gasteiger partial charge in [-0.2, -0.15) is 0 Å². The van der Waals surface area contributed by atoms with E-state index in [-0.39, 0.29) is 6.04 Å². The molecular weight excluding hydrogens is 234 g/mol. The Balaban J connectivity index is 3.81. The van der Waals surface area contributed by atoms with Crippen LogP contribution in [-0.4, -0.2) is 49.1 Å². The van der Waals surface area contributed by atoms with Crippen LogP contribution in [-0.2, 0) is 14.3 Å². The van der Waals surface area contributed by atoms with Crippen molar-refractivity contribution >= 4 is 5.97 Å². The first kappa shape index (κ1) is 17.4. The molecule has 0 spiro atoms. The quantitative estimate of drug-likeness (QED) is 0.554. The Kier molecular flexibility index (Phi) is 8.97. The number of aliphatic carboxylic acids is 1. The zero-order valence-electron chi connectivity index (χ0n) is 12.0. The number of rotatable bonds is 11. The van der Waals surface area contributed by atoms with Crippen LogP contribution in [0.3, 0.4) is 0 Å². The summed E-state index contributed by atoms with van der Waals surface area (Å²) in [5.41, 5.74) is -0.878. The largest absolute Gasteiger partial charge is 0.480 e. The van der Waals surface area contributed by atoms with Gasteiger partial charge in [-0.3, -0.25) is 10.1 Å². The van der Waals surface area contributed by atoms with E-state index in [9.17, 15) is 9.90 Å². The number of carbonyl (C=O) groups is 1. The van der Waals surface area contributed by atoms with Crippen molar-refractivity contribution in [3.63, 3.8) is 0 Å². The van der Waals surface area contributed by atoms with Crippen molar-refractivity contribution in [3.05, 3.63) is 0 Å². The molecular formula is C13H27NO4. The third kappa shape index (κ3) is 7.63. The molecule has 0 aromatic carbocycles. The fraction of sp³-hybridized carbons (Fsp3) is 0.923. The topological polar surface area (TPSA) is 67.8 Å². The van der Waals surface area contributed by atoms with E-state index >= 15 is 0 Å². The van der Waals surface area contributed by atoms with Crippen LogP contribution >= 0.6 is 0 Å². The summed E-state index contributed by atoms with van der Waals surface area (Å²) in [6, 6.07) is 0.143. The van der Waals surface area contributed by atoms with Gasteiger partial charge in [-0.15, -0.1) is 0 Å². The molecule has 1 atom stereocenters. The predicted octanol–water partition coefficient (Wildman–Crippen LogP) is 1.66. The van der Waals surface area contributed by atoms with Gasteiger partial charge in [0, 0.05) is 19.3 Å². The maximum Gasteiger partial charge on any atom is 0.323 e. The van der Waals surface area contributed by atoms with Crippen molar-refractivity contribution in [2.45, 2.75) is 52.1 Å². The average Bonchev–Trinajstić information content (AvgIpc) is 2.26. The number of hydrogen-bond acceptors (Lipinski definition) is 4. The number of carboxylic acid groups (broad SMARTS) is 1. The molecule has 18 heavy (non-hydrogen) atoms. The van der Waals surface area contributed by atoms with E-state index in [0.29, 0.717) is 39.3 Å². The number of hydrogen-bond donors (Lipinski definition) is 2. The average molecular weight is 261 g/mol. The van der Waals surface area contributed by atoms with Crippen LogP contribution in [0.4, 0.5) is 0 Å². The minimum Gasteiger partial charge on any atom is -0.480 e. The van der Waals surface area contributed by atoms with Crippen molar-refractivity contribution in [3.8, 4) is 0 Å². The van der Waals surface area contributed by atoms with Gasteiger partial charge in [-0.05, 0) is 40.5 Å². The lowest BCUT2D eigenvalue weighted by Crippen LogP contribution is -2.52. The summed E-state index contributed by atoms with van der Waals surface area (Å²) in [5.74, 6) is -0.814. The number of carboxylic acids is 1. The lowest BCUT2D eigenvalue weighted by molar-refractivity contribution is -0.145. The molecule has 0 aliphatic heterocycles. The molecule has 0 aromatic rings. The van der Waals surface area contributed by atoms with Gasteiger partial charge >= 0.3 is 5.97 Å². The molecule has 5 nitrogen and oxygen atoms in total. The molecule has 0 aliphatic rings. The van der Waals surface area contributed by atoms with Crippen LogP contribution < -0.4 is 5.32 Å². The van der Waals surface area contributed by atoms with Crippen molar-refractivity contribution in [1.29, 1.82) is 0 Å². The summed E-state index contributed by atoms with van der Waals surface area (Å²) in [6.07, 6.45) is 1.27. The summed E-state index contributed by atoms with van der Waals surface area (Å²) >= 11 is 0. The summed E-state index contributed by atoms with van der Waals surface area (Å²) in [6.45, 7) is 9.96. The third-order valence-electron chi connectivity index (χ3n) is 2.62. The molecule has 0 fully saturated rings. The molecule has 5 heteroatoms. The first-order chi connectivity index (χ1) is 8.42. The Morgan fingerprint density at radius 2 is 1.89 bits per heavy atom. The van der Waals surface area contributed by atoms with E-state index in [1.165, 1.54) is 0 Å². The molecule has 0 bridgehead atoms. The van der Waals surface area contributed by atoms with Crippen LogP contribution in [0.15, 0.2) is 0 Å². The molecule has 2 N–H and O–H groups in total. The second kappa shape index (κ2) is 9.30. The predicted molar refractivity (Wildman–Crippen MR) is 70.9 cm³/mol. The summed E-state index contributed by atoms with van der Waals surface area (Å²) in [4.78, 5) is 11.2. The maximum atomic E-state index is 11.2. The van der Waals surface area contributed by atoms with Gasteiger partial charge in [0.25, 0.3) is 0 Å². The summed E-state index contributed by atoms with van der Waals surface area (Å²) in [7, 11) is 0. The molecule has 1 unspecified atom stereocenters. The lowest BCUT2D eigenvalue weighted by Gasteiger charge is -2.28. The molecule has 0 aromatic heterocycles. The highest BCUT2D eigenvalue weighted by molar-refractivity contribution is 5.78. The molecule has 0 saturated heterocycles. The van der Waals surface area contributed by atoms with Crippen molar-refractivity contribution in [1.82, 2.24) is 5.32 Å². The Bertz CT molecular complexity index is 233. The smallest absolute Gasteiger partial charge is 0.323 e. The minimum atomic E-state index is -0.878. The van der Waals surface area contributed by atoms with Crippen LogP contribution in [0, 0.1) is 0 Å². The van der Waals surface area contributed by atoms with Gasteiger partial charge in [0.1, 0.15) is 5.54 Å². The van der Waals surface area contributed by atoms with E-state index < -0.39 is 11.5 Å². The molecule has 0 rings (SSSR count). The zero-order valence-corrected chi connectivity index (χ0v) is 12.0. The van der Waals surface area contributed by atoms with Crippen LogP contribution in [0.2, 0.25) is 0 Å².